The minimum Gasteiger partial charge on any atom is -0.316 e. The maximum atomic E-state index is 11.9. The molecule has 2 fully saturated rings. The summed E-state index contributed by atoms with van der Waals surface area (Å²) in [4.78, 5) is 17.4. The van der Waals surface area contributed by atoms with Crippen molar-refractivity contribution in [1.29, 1.82) is 0 Å². The maximum absolute atomic E-state index is 11.9. The Balaban J connectivity index is 2.06. The molecular weight excluding hydrogens is 320 g/mol. The van der Waals surface area contributed by atoms with Gasteiger partial charge in [-0.25, -0.2) is 8.42 Å². The summed E-state index contributed by atoms with van der Waals surface area (Å²) in [6.45, 7) is 5.47. The normalized spacial score (nSPS) is 28.1. The molecule has 0 N–H and O–H groups in total. The molecule has 5 nitrogen and oxygen atoms in total. The van der Waals surface area contributed by atoms with Gasteiger partial charge in [0.1, 0.15) is 0 Å². The van der Waals surface area contributed by atoms with Crippen LogP contribution in [-0.4, -0.2) is 42.3 Å². The van der Waals surface area contributed by atoms with Crippen LogP contribution in [0.1, 0.15) is 18.1 Å². The molecule has 0 aliphatic carbocycles. The van der Waals surface area contributed by atoms with Crippen LogP contribution in [0.5, 0.6) is 0 Å². The van der Waals surface area contributed by atoms with Crippen molar-refractivity contribution in [1.82, 2.24) is 0 Å². The summed E-state index contributed by atoms with van der Waals surface area (Å²) in [5.74, 6) is 0.00827. The largest absolute Gasteiger partial charge is 0.316 e. The molecule has 2 aliphatic rings. The van der Waals surface area contributed by atoms with Gasteiger partial charge in [0.15, 0.2) is 15.0 Å². The van der Waals surface area contributed by atoms with E-state index in [1.807, 2.05) is 36.9 Å². The summed E-state index contributed by atoms with van der Waals surface area (Å²) in [7, 11) is -3.02. The lowest BCUT2D eigenvalue weighted by molar-refractivity contribution is -0.115. The number of benzene rings is 1. The van der Waals surface area contributed by atoms with E-state index in [0.29, 0.717) is 5.17 Å². The number of anilines is 1. The molecular formula is C15H18N2O3S2. The Morgan fingerprint density at radius 3 is 2.64 bits per heavy atom. The molecule has 7 heteroatoms. The Labute approximate surface area is 134 Å². The second kappa shape index (κ2) is 5.38. The molecule has 0 unspecified atom stereocenters. The minimum absolute atomic E-state index is 0.0512. The Morgan fingerprint density at radius 2 is 2.00 bits per heavy atom. The van der Waals surface area contributed by atoms with Crippen LogP contribution in [0.15, 0.2) is 23.2 Å². The predicted molar refractivity (Wildman–Crippen MR) is 90.3 cm³/mol. The van der Waals surface area contributed by atoms with E-state index >= 15 is 0 Å². The van der Waals surface area contributed by atoms with Gasteiger partial charge in [-0.2, -0.15) is 4.99 Å². The highest BCUT2D eigenvalue weighted by molar-refractivity contribution is 8.16. The highest BCUT2D eigenvalue weighted by Crippen LogP contribution is 2.41. The van der Waals surface area contributed by atoms with E-state index in [2.05, 4.69) is 4.99 Å². The van der Waals surface area contributed by atoms with E-state index in [1.165, 1.54) is 24.2 Å². The van der Waals surface area contributed by atoms with Gasteiger partial charge in [0, 0.05) is 17.9 Å². The van der Waals surface area contributed by atoms with Gasteiger partial charge in [0.25, 0.3) is 0 Å². The smallest absolute Gasteiger partial charge is 0.244 e. The number of hydrogen-bond donors (Lipinski definition) is 0. The van der Waals surface area contributed by atoms with Crippen molar-refractivity contribution in [3.05, 3.63) is 29.3 Å². The van der Waals surface area contributed by atoms with E-state index < -0.39 is 9.84 Å². The third-order valence-corrected chi connectivity index (χ3v) is 7.30. The monoisotopic (exact) mass is 338 g/mol. The van der Waals surface area contributed by atoms with Crippen LogP contribution in [0.3, 0.4) is 0 Å². The number of carbonyl (C=O) groups excluding carboxylic acids is 1. The molecule has 1 aromatic carbocycles. The predicted octanol–water partition coefficient (Wildman–Crippen LogP) is 1.92. The zero-order valence-corrected chi connectivity index (χ0v) is 14.4. The first-order valence-corrected chi connectivity index (χ1v) is 9.80. The van der Waals surface area contributed by atoms with Crippen LogP contribution in [-0.2, 0) is 14.6 Å². The quantitative estimate of drug-likeness (QED) is 0.783. The molecule has 0 saturated carbocycles. The average molecular weight is 338 g/mol. The number of hydrogen-bond acceptors (Lipinski definition) is 4. The van der Waals surface area contributed by atoms with Gasteiger partial charge in [-0.3, -0.25) is 4.79 Å². The van der Waals surface area contributed by atoms with Crippen LogP contribution in [0, 0.1) is 13.8 Å². The van der Waals surface area contributed by atoms with Gasteiger partial charge < -0.3 is 4.90 Å². The Kier molecular flexibility index (Phi) is 3.81. The van der Waals surface area contributed by atoms with E-state index in [0.717, 1.165) is 11.3 Å². The molecule has 2 aliphatic heterocycles. The maximum Gasteiger partial charge on any atom is 0.244 e. The second-order valence-electron chi connectivity index (χ2n) is 5.85. The fourth-order valence-corrected chi connectivity index (χ4v) is 6.83. The molecule has 2 saturated heterocycles. The zero-order chi connectivity index (χ0) is 16.1. The molecule has 0 bridgehead atoms. The summed E-state index contributed by atoms with van der Waals surface area (Å²) in [6.07, 6.45) is 0. The Morgan fingerprint density at radius 1 is 1.27 bits per heavy atom. The van der Waals surface area contributed by atoms with Gasteiger partial charge in [-0.15, -0.1) is 0 Å². The van der Waals surface area contributed by atoms with Gasteiger partial charge in [0.05, 0.1) is 17.5 Å². The van der Waals surface area contributed by atoms with Gasteiger partial charge in [-0.1, -0.05) is 17.8 Å². The van der Waals surface area contributed by atoms with E-state index in [1.54, 1.807) is 0 Å². The molecule has 3 rings (SSSR count). The van der Waals surface area contributed by atoms with Crippen LogP contribution >= 0.6 is 11.8 Å². The number of nitrogens with zero attached hydrogens (tertiary/aromatic N) is 2. The number of rotatable bonds is 1. The van der Waals surface area contributed by atoms with Crippen LogP contribution in [0.4, 0.5) is 5.69 Å². The summed E-state index contributed by atoms with van der Waals surface area (Å²) < 4.78 is 23.8. The van der Waals surface area contributed by atoms with Crippen molar-refractivity contribution in [2.24, 2.45) is 4.99 Å². The Hall–Kier alpha value is -1.34. The fourth-order valence-electron chi connectivity index (χ4n) is 2.88. The van der Waals surface area contributed by atoms with E-state index in [9.17, 15) is 13.2 Å². The molecule has 1 amide bonds. The van der Waals surface area contributed by atoms with Crippen molar-refractivity contribution in [2.45, 2.75) is 32.1 Å². The number of amidine groups is 1. The lowest BCUT2D eigenvalue weighted by Crippen LogP contribution is -2.37. The number of thioether (sulfide) groups is 1. The van der Waals surface area contributed by atoms with Crippen LogP contribution in [0.25, 0.3) is 0 Å². The second-order valence-corrected chi connectivity index (χ2v) is 9.21. The SMILES string of the molecule is CC(=O)N=C1S[C@@H]2CS(=O)(=O)C[C@@H]2N1c1ccc(C)c(C)c1. The number of sulfone groups is 1. The van der Waals surface area contributed by atoms with Gasteiger partial charge in [0.2, 0.25) is 5.91 Å². The lowest BCUT2D eigenvalue weighted by atomic mass is 10.1. The molecule has 0 aromatic heterocycles. The number of amides is 1. The van der Waals surface area contributed by atoms with Crippen molar-refractivity contribution in [3.63, 3.8) is 0 Å². The van der Waals surface area contributed by atoms with E-state index in [-0.39, 0.29) is 28.7 Å². The average Bonchev–Trinajstić information content (AvgIpc) is 2.83. The van der Waals surface area contributed by atoms with Crippen molar-refractivity contribution in [2.75, 3.05) is 16.4 Å². The lowest BCUT2D eigenvalue weighted by Gasteiger charge is -2.25. The highest BCUT2D eigenvalue weighted by atomic mass is 32.2. The molecule has 2 atom stereocenters. The van der Waals surface area contributed by atoms with E-state index in [4.69, 9.17) is 0 Å². The number of aryl methyl sites for hydroxylation is 2. The first-order chi connectivity index (χ1) is 10.3. The summed E-state index contributed by atoms with van der Waals surface area (Å²) in [5.41, 5.74) is 3.21. The van der Waals surface area contributed by atoms with Crippen molar-refractivity contribution >= 4 is 38.4 Å². The summed E-state index contributed by atoms with van der Waals surface area (Å²) in [5, 5.41) is 0.561. The topological polar surface area (TPSA) is 66.8 Å². The van der Waals surface area contributed by atoms with Gasteiger partial charge in [-0.05, 0) is 37.1 Å². The number of aliphatic imine (C=N–C) groups is 1. The van der Waals surface area contributed by atoms with Crippen LogP contribution < -0.4 is 4.90 Å². The molecule has 0 radical (unpaired) electrons. The molecule has 22 heavy (non-hydrogen) atoms. The summed E-state index contributed by atoms with van der Waals surface area (Å²) in [6, 6.07) is 5.86. The summed E-state index contributed by atoms with van der Waals surface area (Å²) >= 11 is 1.40. The highest BCUT2D eigenvalue weighted by Gasteiger charge is 2.49. The standard InChI is InChI=1S/C15H18N2O3S2/c1-9-4-5-12(6-10(9)2)17-13-7-22(19,20)8-14(13)21-15(17)16-11(3)18/h4-6,13-14H,7-8H2,1-3H3/t13-,14+/m0/s1. The number of fused-ring (bicyclic) bond motifs is 1. The molecule has 118 valence electrons. The fraction of sp³-hybridized carbons (Fsp3) is 0.467. The molecule has 0 spiro atoms. The first kappa shape index (κ1) is 15.6. The Bertz CT molecular complexity index is 771. The minimum atomic E-state index is -3.02. The zero-order valence-electron chi connectivity index (χ0n) is 12.7. The first-order valence-electron chi connectivity index (χ1n) is 7.10. The third kappa shape index (κ3) is 2.79. The van der Waals surface area contributed by atoms with Crippen molar-refractivity contribution in [3.8, 4) is 0 Å². The molecule has 1 aromatic rings. The molecule has 2 heterocycles. The third-order valence-electron chi connectivity index (χ3n) is 4.09. The number of carbonyl (C=O) groups is 1. The van der Waals surface area contributed by atoms with Crippen molar-refractivity contribution < 1.29 is 13.2 Å². The van der Waals surface area contributed by atoms with Crippen LogP contribution in [0.2, 0.25) is 0 Å². The van der Waals surface area contributed by atoms with Gasteiger partial charge >= 0.3 is 0 Å².